The van der Waals surface area contributed by atoms with Crippen LogP contribution in [0.15, 0.2) is 27.4 Å². The molecule has 0 aliphatic rings. The third-order valence-corrected chi connectivity index (χ3v) is 3.16. The maximum Gasteiger partial charge on any atom is 0.347 e. The van der Waals surface area contributed by atoms with Gasteiger partial charge in [0, 0.05) is 12.5 Å². The van der Waals surface area contributed by atoms with Crippen molar-refractivity contribution < 1.29 is 19.7 Å². The summed E-state index contributed by atoms with van der Waals surface area (Å²) in [5.74, 6) is -0.403. The van der Waals surface area contributed by atoms with Gasteiger partial charge in [0.05, 0.1) is 6.10 Å². The van der Waals surface area contributed by atoms with E-state index < -0.39 is 16.6 Å². The lowest BCUT2D eigenvalue weighted by Crippen LogP contribution is -2.19. The Labute approximate surface area is 117 Å². The highest BCUT2D eigenvalue weighted by Crippen LogP contribution is 2.28. The Hall–Kier alpha value is -1.43. The number of fused-ring (bicyclic) bond motifs is 1. The van der Waals surface area contributed by atoms with Crippen molar-refractivity contribution in [1.29, 1.82) is 0 Å². The van der Waals surface area contributed by atoms with Gasteiger partial charge in [-0.1, -0.05) is 0 Å². The van der Waals surface area contributed by atoms with Crippen molar-refractivity contribution >= 4 is 34.0 Å². The van der Waals surface area contributed by atoms with E-state index in [0.717, 1.165) is 6.07 Å². The van der Waals surface area contributed by atoms with E-state index in [2.05, 4.69) is 0 Å². The van der Waals surface area contributed by atoms with Crippen molar-refractivity contribution in [3.8, 4) is 11.5 Å². The van der Waals surface area contributed by atoms with E-state index in [0.29, 0.717) is 5.39 Å². The first-order valence-corrected chi connectivity index (χ1v) is 6.20. The third kappa shape index (κ3) is 2.94. The summed E-state index contributed by atoms with van der Waals surface area (Å²) < 4.78 is 4.96. The van der Waals surface area contributed by atoms with E-state index in [1.807, 2.05) is 0 Å². The van der Waals surface area contributed by atoms with Crippen LogP contribution >= 0.6 is 23.2 Å². The van der Waals surface area contributed by atoms with E-state index in [9.17, 15) is 20.1 Å². The quantitative estimate of drug-likeness (QED) is 0.754. The van der Waals surface area contributed by atoms with E-state index in [-0.39, 0.29) is 29.1 Å². The van der Waals surface area contributed by atoms with Gasteiger partial charge in [0.2, 0.25) is 0 Å². The first kappa shape index (κ1) is 14.0. The zero-order valence-corrected chi connectivity index (χ0v) is 11.0. The fourth-order valence-corrected chi connectivity index (χ4v) is 1.92. The third-order valence-electron chi connectivity index (χ3n) is 2.58. The first-order chi connectivity index (χ1) is 8.88. The number of phenolic OH excluding ortho intramolecular Hbond substituents is 2. The standard InChI is InChI=1S/C12H10Cl2O5/c13-11(14)9(17)4-7-2-5-1-6(15)3-8(16)10(5)12(18)19-7/h1-3,9,11,15-17H,4H2/t9-/m1/s1. The van der Waals surface area contributed by atoms with E-state index in [4.69, 9.17) is 27.6 Å². The molecule has 102 valence electrons. The van der Waals surface area contributed by atoms with E-state index in [1.54, 1.807) is 0 Å². The molecule has 0 aliphatic heterocycles. The molecule has 1 atom stereocenters. The SMILES string of the molecule is O=c1oc(C[C@@H](O)C(Cl)Cl)cc2cc(O)cc(O)c12. The molecule has 0 saturated heterocycles. The number of alkyl halides is 2. The summed E-state index contributed by atoms with van der Waals surface area (Å²) >= 11 is 11.0. The number of hydrogen-bond acceptors (Lipinski definition) is 5. The number of aliphatic hydroxyl groups excluding tert-OH is 1. The molecule has 0 amide bonds. The largest absolute Gasteiger partial charge is 0.508 e. The second-order valence-corrected chi connectivity index (χ2v) is 5.20. The van der Waals surface area contributed by atoms with Gasteiger partial charge in [-0.05, 0) is 17.5 Å². The van der Waals surface area contributed by atoms with Gasteiger partial charge in [-0.2, -0.15) is 0 Å². The number of rotatable bonds is 3. The molecule has 19 heavy (non-hydrogen) atoms. The first-order valence-electron chi connectivity index (χ1n) is 5.33. The Kier molecular flexibility index (Phi) is 3.89. The molecule has 3 N–H and O–H groups in total. The van der Waals surface area contributed by atoms with Crippen LogP contribution in [0.3, 0.4) is 0 Å². The minimum absolute atomic E-state index is 0.0377. The number of benzene rings is 1. The van der Waals surface area contributed by atoms with Gasteiger partial charge in [0.15, 0.2) is 0 Å². The smallest absolute Gasteiger partial charge is 0.347 e. The molecule has 0 aliphatic carbocycles. The van der Waals surface area contributed by atoms with E-state index >= 15 is 0 Å². The summed E-state index contributed by atoms with van der Waals surface area (Å²) in [5.41, 5.74) is -0.766. The number of aliphatic hydroxyl groups is 1. The minimum atomic E-state index is -1.09. The lowest BCUT2D eigenvalue weighted by Gasteiger charge is -2.10. The Balaban J connectivity index is 2.53. The Morgan fingerprint density at radius 1 is 1.21 bits per heavy atom. The maximum atomic E-state index is 11.7. The normalized spacial score (nSPS) is 13.1. The van der Waals surface area contributed by atoms with Crippen LogP contribution in [0.25, 0.3) is 10.8 Å². The van der Waals surface area contributed by atoms with Gasteiger partial charge in [0.1, 0.15) is 27.5 Å². The van der Waals surface area contributed by atoms with Crippen molar-refractivity contribution in [2.24, 2.45) is 0 Å². The van der Waals surface area contributed by atoms with Gasteiger partial charge in [-0.25, -0.2) is 4.79 Å². The average molecular weight is 305 g/mol. The topological polar surface area (TPSA) is 90.9 Å². The van der Waals surface area contributed by atoms with E-state index in [1.165, 1.54) is 12.1 Å². The van der Waals surface area contributed by atoms with Crippen LogP contribution < -0.4 is 5.63 Å². The fourth-order valence-electron chi connectivity index (χ4n) is 1.74. The zero-order chi connectivity index (χ0) is 14.2. The molecule has 0 radical (unpaired) electrons. The zero-order valence-electron chi connectivity index (χ0n) is 9.51. The molecule has 0 bridgehead atoms. The Bertz CT molecular complexity index is 665. The van der Waals surface area contributed by atoms with Gasteiger partial charge in [-0.15, -0.1) is 23.2 Å². The molecule has 1 heterocycles. The highest BCUT2D eigenvalue weighted by Gasteiger charge is 2.17. The number of halogens is 2. The molecule has 1 aromatic heterocycles. The molecular weight excluding hydrogens is 295 g/mol. The van der Waals surface area contributed by atoms with Crippen molar-refractivity contribution in [3.05, 3.63) is 34.4 Å². The van der Waals surface area contributed by atoms with Crippen molar-refractivity contribution in [1.82, 2.24) is 0 Å². The molecule has 7 heteroatoms. The van der Waals surface area contributed by atoms with Gasteiger partial charge >= 0.3 is 5.63 Å². The molecule has 0 spiro atoms. The summed E-state index contributed by atoms with van der Waals surface area (Å²) in [5, 5.41) is 28.8. The minimum Gasteiger partial charge on any atom is -0.508 e. The molecule has 0 fully saturated rings. The van der Waals surface area contributed by atoms with Gasteiger partial charge in [-0.3, -0.25) is 0 Å². The Morgan fingerprint density at radius 3 is 2.53 bits per heavy atom. The molecule has 5 nitrogen and oxygen atoms in total. The average Bonchev–Trinajstić information content (AvgIpc) is 2.26. The van der Waals surface area contributed by atoms with Crippen LogP contribution in [-0.4, -0.2) is 26.3 Å². The second-order valence-electron chi connectivity index (χ2n) is 4.04. The molecule has 2 aromatic rings. The maximum absolute atomic E-state index is 11.7. The van der Waals surface area contributed by atoms with Crippen molar-refractivity contribution in [3.63, 3.8) is 0 Å². The highest BCUT2D eigenvalue weighted by molar-refractivity contribution is 6.44. The second kappa shape index (κ2) is 5.28. The molecular formula is C12H10Cl2O5. The summed E-state index contributed by atoms with van der Waals surface area (Å²) in [6, 6.07) is 3.78. The van der Waals surface area contributed by atoms with Crippen LogP contribution in [0.1, 0.15) is 5.76 Å². The van der Waals surface area contributed by atoms with Crippen molar-refractivity contribution in [2.45, 2.75) is 17.4 Å². The van der Waals surface area contributed by atoms with Crippen LogP contribution in [0.4, 0.5) is 0 Å². The molecule has 0 saturated carbocycles. The van der Waals surface area contributed by atoms with Crippen LogP contribution in [0.5, 0.6) is 11.5 Å². The summed E-state index contributed by atoms with van der Waals surface area (Å²) in [6.07, 6.45) is -1.14. The summed E-state index contributed by atoms with van der Waals surface area (Å²) in [7, 11) is 0. The highest BCUT2D eigenvalue weighted by atomic mass is 35.5. The van der Waals surface area contributed by atoms with Crippen LogP contribution in [0, 0.1) is 0 Å². The number of hydrogen-bond donors (Lipinski definition) is 3. The van der Waals surface area contributed by atoms with Gasteiger partial charge < -0.3 is 19.7 Å². The van der Waals surface area contributed by atoms with Gasteiger partial charge in [0.25, 0.3) is 0 Å². The van der Waals surface area contributed by atoms with Crippen LogP contribution in [-0.2, 0) is 6.42 Å². The number of aromatic hydroxyl groups is 2. The fraction of sp³-hybridized carbons (Fsp3) is 0.250. The Morgan fingerprint density at radius 2 is 1.89 bits per heavy atom. The summed E-state index contributed by atoms with van der Waals surface area (Å²) in [4.78, 5) is 10.7. The monoisotopic (exact) mass is 304 g/mol. The predicted octanol–water partition coefficient (Wildman–Crippen LogP) is 1.91. The van der Waals surface area contributed by atoms with Crippen molar-refractivity contribution in [2.75, 3.05) is 0 Å². The number of phenols is 2. The molecule has 0 unspecified atom stereocenters. The molecule has 1 aromatic carbocycles. The lowest BCUT2D eigenvalue weighted by molar-refractivity contribution is 0.180. The predicted molar refractivity (Wildman–Crippen MR) is 71.0 cm³/mol. The lowest BCUT2D eigenvalue weighted by atomic mass is 10.1. The summed E-state index contributed by atoms with van der Waals surface area (Å²) in [6.45, 7) is 0. The molecule has 2 rings (SSSR count). The van der Waals surface area contributed by atoms with Crippen LogP contribution in [0.2, 0.25) is 0 Å².